The molecule has 1 aliphatic rings. The van der Waals surface area contributed by atoms with Crippen LogP contribution in [-0.4, -0.2) is 53.1 Å². The van der Waals surface area contributed by atoms with Crippen LogP contribution >= 0.6 is 0 Å². The van der Waals surface area contributed by atoms with Crippen LogP contribution < -0.4 is 15.4 Å². The summed E-state index contributed by atoms with van der Waals surface area (Å²) in [6.07, 6.45) is 3.21. The van der Waals surface area contributed by atoms with Crippen LogP contribution in [0.5, 0.6) is 5.75 Å². The van der Waals surface area contributed by atoms with Gasteiger partial charge in [-0.1, -0.05) is 12.1 Å². The molecule has 0 radical (unpaired) electrons. The number of methoxy groups -OCH3 is 1. The van der Waals surface area contributed by atoms with E-state index in [1.807, 2.05) is 6.92 Å². The summed E-state index contributed by atoms with van der Waals surface area (Å²) in [4.78, 5) is 4.26. The molecule has 2 N–H and O–H groups in total. The molecule has 0 amide bonds. The molecule has 0 atom stereocenters. The molecule has 0 spiro atoms. The van der Waals surface area contributed by atoms with Gasteiger partial charge in [0.15, 0.2) is 5.96 Å². The molecule has 1 fully saturated rings. The second-order valence-corrected chi connectivity index (χ2v) is 6.64. The lowest BCUT2D eigenvalue weighted by Gasteiger charge is -2.21. The predicted molar refractivity (Wildman–Crippen MR) is 105 cm³/mol. The van der Waals surface area contributed by atoms with Crippen LogP contribution in [0.2, 0.25) is 0 Å². The average molecular weight is 364 g/mol. The van der Waals surface area contributed by atoms with Crippen LogP contribution in [0.3, 0.4) is 0 Å². The Hall–Kier alpha value is -1.79. The normalized spacial score (nSPS) is 15.7. The standard InChI is InChI=1S/C20H33N3O3/c1-16-5-6-18(13-19(16)24-3)14-23-20(21-2)22-9-4-10-26-15-17-7-11-25-12-8-17/h5-6,13,17H,4,7-12,14-15H2,1-3H3,(H2,21,22,23). The Morgan fingerprint density at radius 2 is 2.08 bits per heavy atom. The fraction of sp³-hybridized carbons (Fsp3) is 0.650. The molecular formula is C20H33N3O3. The third kappa shape index (κ3) is 7.22. The van der Waals surface area contributed by atoms with Gasteiger partial charge in [0.05, 0.1) is 7.11 Å². The SMILES string of the molecule is CN=C(NCCCOCC1CCOCC1)NCc1ccc(C)c(OC)c1. The van der Waals surface area contributed by atoms with E-state index in [9.17, 15) is 0 Å². The Kier molecular flexibility index (Phi) is 9.28. The molecule has 1 heterocycles. The van der Waals surface area contributed by atoms with Crippen LogP contribution in [0.25, 0.3) is 0 Å². The van der Waals surface area contributed by atoms with Crippen molar-refractivity contribution in [1.82, 2.24) is 10.6 Å². The lowest BCUT2D eigenvalue weighted by molar-refractivity contribution is 0.0203. The zero-order valence-corrected chi connectivity index (χ0v) is 16.3. The molecule has 0 saturated carbocycles. The molecule has 1 aliphatic heterocycles. The highest BCUT2D eigenvalue weighted by atomic mass is 16.5. The summed E-state index contributed by atoms with van der Waals surface area (Å²) in [7, 11) is 3.48. The molecule has 0 aromatic heterocycles. The summed E-state index contributed by atoms with van der Waals surface area (Å²) in [5, 5.41) is 6.65. The average Bonchev–Trinajstić information content (AvgIpc) is 2.68. The van der Waals surface area contributed by atoms with Crippen LogP contribution in [-0.2, 0) is 16.0 Å². The van der Waals surface area contributed by atoms with Crippen molar-refractivity contribution >= 4 is 5.96 Å². The van der Waals surface area contributed by atoms with E-state index in [1.165, 1.54) is 0 Å². The number of hydrogen-bond donors (Lipinski definition) is 2. The van der Waals surface area contributed by atoms with Crippen molar-refractivity contribution in [2.24, 2.45) is 10.9 Å². The van der Waals surface area contributed by atoms with Crippen LogP contribution in [0.4, 0.5) is 0 Å². The maximum absolute atomic E-state index is 5.78. The Morgan fingerprint density at radius 3 is 2.81 bits per heavy atom. The highest BCUT2D eigenvalue weighted by molar-refractivity contribution is 5.79. The summed E-state index contributed by atoms with van der Waals surface area (Å²) >= 11 is 0. The van der Waals surface area contributed by atoms with Gasteiger partial charge in [-0.2, -0.15) is 0 Å². The van der Waals surface area contributed by atoms with Crippen molar-refractivity contribution in [3.63, 3.8) is 0 Å². The van der Waals surface area contributed by atoms with E-state index in [0.717, 1.165) is 75.1 Å². The second kappa shape index (κ2) is 11.8. The molecule has 1 aromatic carbocycles. The number of aliphatic imine (C=N–C) groups is 1. The smallest absolute Gasteiger partial charge is 0.191 e. The van der Waals surface area contributed by atoms with Gasteiger partial charge in [-0.3, -0.25) is 4.99 Å². The third-order valence-corrected chi connectivity index (χ3v) is 4.61. The largest absolute Gasteiger partial charge is 0.496 e. The van der Waals surface area contributed by atoms with Gasteiger partial charge in [0, 0.05) is 46.6 Å². The zero-order valence-electron chi connectivity index (χ0n) is 16.3. The van der Waals surface area contributed by atoms with E-state index in [2.05, 4.69) is 33.8 Å². The Balaban J connectivity index is 1.59. The fourth-order valence-electron chi connectivity index (χ4n) is 2.92. The number of hydrogen-bond acceptors (Lipinski definition) is 4. The molecular weight excluding hydrogens is 330 g/mol. The van der Waals surface area contributed by atoms with Crippen LogP contribution in [0.1, 0.15) is 30.4 Å². The van der Waals surface area contributed by atoms with Crippen LogP contribution in [0.15, 0.2) is 23.2 Å². The van der Waals surface area contributed by atoms with Gasteiger partial charge in [0.2, 0.25) is 0 Å². The molecule has 2 rings (SSSR count). The van der Waals surface area contributed by atoms with Crippen molar-refractivity contribution in [1.29, 1.82) is 0 Å². The van der Waals surface area contributed by atoms with E-state index in [4.69, 9.17) is 14.2 Å². The summed E-state index contributed by atoms with van der Waals surface area (Å²) in [5.74, 6) is 2.38. The van der Waals surface area contributed by atoms with E-state index >= 15 is 0 Å². The van der Waals surface area contributed by atoms with Crippen molar-refractivity contribution < 1.29 is 14.2 Å². The monoisotopic (exact) mass is 363 g/mol. The summed E-state index contributed by atoms with van der Waals surface area (Å²) in [6.45, 7) is 6.97. The molecule has 26 heavy (non-hydrogen) atoms. The number of rotatable bonds is 9. The fourth-order valence-corrected chi connectivity index (χ4v) is 2.92. The van der Waals surface area contributed by atoms with Gasteiger partial charge in [-0.25, -0.2) is 0 Å². The molecule has 0 bridgehead atoms. The lowest BCUT2D eigenvalue weighted by atomic mass is 10.0. The first kappa shape index (κ1) is 20.5. The van der Waals surface area contributed by atoms with Gasteiger partial charge in [0.25, 0.3) is 0 Å². The van der Waals surface area contributed by atoms with Crippen molar-refractivity contribution in [3.05, 3.63) is 29.3 Å². The van der Waals surface area contributed by atoms with E-state index < -0.39 is 0 Å². The highest BCUT2D eigenvalue weighted by Crippen LogP contribution is 2.18. The van der Waals surface area contributed by atoms with Gasteiger partial charge in [-0.15, -0.1) is 0 Å². The maximum Gasteiger partial charge on any atom is 0.191 e. The first-order valence-corrected chi connectivity index (χ1v) is 9.46. The molecule has 1 aromatic rings. The topological polar surface area (TPSA) is 64.1 Å². The van der Waals surface area contributed by atoms with Gasteiger partial charge >= 0.3 is 0 Å². The number of aryl methyl sites for hydroxylation is 1. The first-order valence-electron chi connectivity index (χ1n) is 9.46. The molecule has 0 unspecified atom stereocenters. The molecule has 146 valence electrons. The number of nitrogens with one attached hydrogen (secondary N) is 2. The predicted octanol–water partition coefficient (Wildman–Crippen LogP) is 2.50. The Morgan fingerprint density at radius 1 is 1.27 bits per heavy atom. The van der Waals surface area contributed by atoms with Crippen molar-refractivity contribution in [3.8, 4) is 5.75 Å². The Bertz CT molecular complexity index is 557. The van der Waals surface area contributed by atoms with Crippen molar-refractivity contribution in [2.45, 2.75) is 32.7 Å². The summed E-state index contributed by atoms with van der Waals surface area (Å²) in [5.41, 5.74) is 2.30. The molecule has 0 aliphatic carbocycles. The summed E-state index contributed by atoms with van der Waals surface area (Å²) in [6, 6.07) is 6.23. The van der Waals surface area contributed by atoms with Gasteiger partial charge < -0.3 is 24.8 Å². The quantitative estimate of drug-likeness (QED) is 0.401. The Labute approximate surface area is 157 Å². The summed E-state index contributed by atoms with van der Waals surface area (Å²) < 4.78 is 16.5. The minimum absolute atomic E-state index is 0.664. The number of guanidine groups is 1. The minimum atomic E-state index is 0.664. The second-order valence-electron chi connectivity index (χ2n) is 6.64. The van der Waals surface area contributed by atoms with Gasteiger partial charge in [0.1, 0.15) is 5.75 Å². The highest BCUT2D eigenvalue weighted by Gasteiger charge is 2.13. The maximum atomic E-state index is 5.78. The van der Waals surface area contributed by atoms with E-state index in [-0.39, 0.29) is 0 Å². The molecule has 1 saturated heterocycles. The number of ether oxygens (including phenoxy) is 3. The van der Waals surface area contributed by atoms with E-state index in [0.29, 0.717) is 12.5 Å². The van der Waals surface area contributed by atoms with E-state index in [1.54, 1.807) is 14.2 Å². The lowest BCUT2D eigenvalue weighted by Crippen LogP contribution is -2.37. The van der Waals surface area contributed by atoms with Crippen LogP contribution in [0, 0.1) is 12.8 Å². The third-order valence-electron chi connectivity index (χ3n) is 4.61. The van der Waals surface area contributed by atoms with Gasteiger partial charge in [-0.05, 0) is 49.3 Å². The zero-order chi connectivity index (χ0) is 18.6. The number of benzene rings is 1. The molecule has 6 nitrogen and oxygen atoms in total. The first-order chi connectivity index (χ1) is 12.7. The minimum Gasteiger partial charge on any atom is -0.496 e. The number of nitrogens with zero attached hydrogens (tertiary/aromatic N) is 1. The van der Waals surface area contributed by atoms with Crippen molar-refractivity contribution in [2.75, 3.05) is 47.1 Å². The molecule has 6 heteroatoms.